The van der Waals surface area contributed by atoms with Gasteiger partial charge in [-0.2, -0.15) is 0 Å². The number of hydrogen-bond donors (Lipinski definition) is 1. The molecule has 2 heteroatoms. The quantitative estimate of drug-likeness (QED) is 0.0722. The molecule has 0 fully saturated rings. The zero-order chi connectivity index (χ0) is 28.5. The van der Waals surface area contributed by atoms with Gasteiger partial charge in [0.15, 0.2) is 0 Å². The molecule has 0 aliphatic heterocycles. The van der Waals surface area contributed by atoms with Crippen molar-refractivity contribution in [3.8, 4) is 0 Å². The van der Waals surface area contributed by atoms with Crippen LogP contribution in [0, 0.1) is 5.92 Å². The van der Waals surface area contributed by atoms with E-state index in [0.717, 1.165) is 31.8 Å². The second kappa shape index (κ2) is 33.1. The largest absolute Gasteiger partial charge is 0.329 e. The molecule has 0 bridgehead atoms. The van der Waals surface area contributed by atoms with Crippen molar-refractivity contribution in [3.05, 3.63) is 48.6 Å². The molecule has 2 nitrogen and oxygen atoms in total. The minimum atomic E-state index is 0.776. The first-order chi connectivity index (χ1) is 19.2. The summed E-state index contributed by atoms with van der Waals surface area (Å²) >= 11 is 0. The van der Waals surface area contributed by atoms with Crippen molar-refractivity contribution in [3.63, 3.8) is 0 Å². The van der Waals surface area contributed by atoms with Crippen LogP contribution < -0.4 is 5.73 Å². The molecule has 0 heterocycles. The van der Waals surface area contributed by atoms with Gasteiger partial charge in [-0.25, -0.2) is 0 Å². The summed E-state index contributed by atoms with van der Waals surface area (Å²) in [6, 6.07) is 0. The predicted molar refractivity (Wildman–Crippen MR) is 180 cm³/mol. The molecule has 0 aromatic carbocycles. The first-order valence-corrected chi connectivity index (χ1v) is 17.2. The topological polar surface area (TPSA) is 29.3 Å². The molecule has 0 rings (SSSR count). The van der Waals surface area contributed by atoms with Crippen LogP contribution in [0.5, 0.6) is 0 Å². The Morgan fingerprint density at radius 3 is 1.46 bits per heavy atom. The average molecular weight is 543 g/mol. The van der Waals surface area contributed by atoms with Crippen molar-refractivity contribution in [2.75, 3.05) is 26.7 Å². The van der Waals surface area contributed by atoms with Crippen molar-refractivity contribution < 1.29 is 0 Å². The molecule has 0 radical (unpaired) electrons. The highest BCUT2D eigenvalue weighted by Gasteiger charge is 2.11. The summed E-state index contributed by atoms with van der Waals surface area (Å²) in [7, 11) is 2.26. The molecule has 0 saturated carbocycles. The third-order valence-electron chi connectivity index (χ3n) is 7.80. The molecule has 0 aliphatic rings. The summed E-state index contributed by atoms with van der Waals surface area (Å²) < 4.78 is 0. The lowest BCUT2D eigenvalue weighted by molar-refractivity contribution is 0.254. The molecule has 0 aromatic heterocycles. The van der Waals surface area contributed by atoms with E-state index in [1.807, 2.05) is 0 Å². The van der Waals surface area contributed by atoms with Gasteiger partial charge in [0, 0.05) is 19.6 Å². The fourth-order valence-corrected chi connectivity index (χ4v) is 5.33. The number of likely N-dealkylation sites (N-methyl/N-ethyl adjacent to an activating group) is 1. The van der Waals surface area contributed by atoms with Crippen LogP contribution >= 0.6 is 0 Å². The standard InChI is InChI=1S/C37H70N2/c1-4-6-8-10-12-14-16-18-19-20-21-23-25-27-29-31-33-37(36-39(3)35-34-38)32-30-28-26-24-22-17-15-13-11-9-7-5-2/h5,7,11-14,18-19,37H,4,6,8-10,15-17,20-36,38H2,1-3H3/b7-5-,13-11-,14-12-,19-18-. The fraction of sp³-hybridized carbons (Fsp3) is 0.784. The highest BCUT2D eigenvalue weighted by atomic mass is 15.1. The van der Waals surface area contributed by atoms with Gasteiger partial charge in [-0.05, 0) is 84.1 Å². The van der Waals surface area contributed by atoms with E-state index < -0.39 is 0 Å². The number of nitrogens with two attached hydrogens (primary N) is 1. The van der Waals surface area contributed by atoms with Crippen molar-refractivity contribution in [1.29, 1.82) is 0 Å². The summed E-state index contributed by atoms with van der Waals surface area (Å²) in [5, 5.41) is 0. The van der Waals surface area contributed by atoms with Crippen LogP contribution in [0.3, 0.4) is 0 Å². The molecular weight excluding hydrogens is 472 g/mol. The van der Waals surface area contributed by atoms with Crippen molar-refractivity contribution in [1.82, 2.24) is 4.90 Å². The van der Waals surface area contributed by atoms with Gasteiger partial charge in [0.1, 0.15) is 0 Å². The normalized spacial score (nSPS) is 13.4. The lowest BCUT2D eigenvalue weighted by Gasteiger charge is -2.24. The molecule has 0 saturated heterocycles. The van der Waals surface area contributed by atoms with E-state index in [1.54, 1.807) is 0 Å². The molecule has 39 heavy (non-hydrogen) atoms. The van der Waals surface area contributed by atoms with Gasteiger partial charge in [0.25, 0.3) is 0 Å². The smallest absolute Gasteiger partial charge is 0.0102 e. The van der Waals surface area contributed by atoms with Crippen LogP contribution in [0.25, 0.3) is 0 Å². The number of unbranched alkanes of at least 4 members (excludes halogenated alkanes) is 15. The van der Waals surface area contributed by atoms with E-state index in [2.05, 4.69) is 74.4 Å². The van der Waals surface area contributed by atoms with E-state index in [1.165, 1.54) is 135 Å². The summed E-state index contributed by atoms with van der Waals surface area (Å²) in [6.45, 7) is 7.40. The SMILES string of the molecule is C/C=C\C/C=C\CCCCCCCCC(CCCCCCCC/C=C\C/C=C\CCCCC)CN(C)CCN. The zero-order valence-electron chi connectivity index (χ0n) is 26.9. The van der Waals surface area contributed by atoms with E-state index >= 15 is 0 Å². The first kappa shape index (κ1) is 37.9. The Hall–Kier alpha value is -1.12. The Bertz CT molecular complexity index is 574. The Labute approximate surface area is 246 Å². The summed E-state index contributed by atoms with van der Waals surface area (Å²) in [5.74, 6) is 0.856. The minimum absolute atomic E-state index is 0.776. The molecule has 2 N–H and O–H groups in total. The third-order valence-corrected chi connectivity index (χ3v) is 7.80. The van der Waals surface area contributed by atoms with Gasteiger partial charge < -0.3 is 10.6 Å². The van der Waals surface area contributed by atoms with Gasteiger partial charge in [0.2, 0.25) is 0 Å². The number of rotatable bonds is 30. The molecular formula is C37H70N2. The minimum Gasteiger partial charge on any atom is -0.329 e. The summed E-state index contributed by atoms with van der Waals surface area (Å²) in [5.41, 5.74) is 5.81. The van der Waals surface area contributed by atoms with E-state index in [4.69, 9.17) is 5.73 Å². The monoisotopic (exact) mass is 543 g/mol. The van der Waals surface area contributed by atoms with Crippen molar-refractivity contribution in [2.45, 2.75) is 155 Å². The average Bonchev–Trinajstić information content (AvgIpc) is 2.93. The molecule has 0 amide bonds. The number of hydrogen-bond acceptors (Lipinski definition) is 2. The van der Waals surface area contributed by atoms with Gasteiger partial charge in [-0.3, -0.25) is 0 Å². The van der Waals surface area contributed by atoms with Crippen molar-refractivity contribution >= 4 is 0 Å². The summed E-state index contributed by atoms with van der Waals surface area (Å²) in [4.78, 5) is 2.46. The molecule has 1 atom stereocenters. The van der Waals surface area contributed by atoms with Crippen LogP contribution in [0.1, 0.15) is 155 Å². The Morgan fingerprint density at radius 1 is 0.564 bits per heavy atom. The molecule has 1 unspecified atom stereocenters. The maximum absolute atomic E-state index is 5.81. The summed E-state index contributed by atoms with van der Waals surface area (Å²) in [6.07, 6.45) is 48.0. The first-order valence-electron chi connectivity index (χ1n) is 17.2. The molecule has 0 aliphatic carbocycles. The van der Waals surface area contributed by atoms with Gasteiger partial charge >= 0.3 is 0 Å². The zero-order valence-corrected chi connectivity index (χ0v) is 26.9. The lowest BCUT2D eigenvalue weighted by atomic mass is 9.93. The Balaban J connectivity index is 3.81. The van der Waals surface area contributed by atoms with Gasteiger partial charge in [-0.1, -0.05) is 133 Å². The highest BCUT2D eigenvalue weighted by Crippen LogP contribution is 2.20. The van der Waals surface area contributed by atoms with Crippen LogP contribution in [0.4, 0.5) is 0 Å². The second-order valence-electron chi connectivity index (χ2n) is 11.8. The molecule has 0 spiro atoms. The van der Waals surface area contributed by atoms with E-state index in [-0.39, 0.29) is 0 Å². The van der Waals surface area contributed by atoms with Crippen LogP contribution in [-0.4, -0.2) is 31.6 Å². The Kier molecular flexibility index (Phi) is 32.1. The predicted octanol–water partition coefficient (Wildman–Crippen LogP) is 11.3. The van der Waals surface area contributed by atoms with Crippen LogP contribution in [0.2, 0.25) is 0 Å². The van der Waals surface area contributed by atoms with Crippen LogP contribution in [-0.2, 0) is 0 Å². The number of nitrogens with zero attached hydrogens (tertiary/aromatic N) is 1. The lowest BCUT2D eigenvalue weighted by Crippen LogP contribution is -2.30. The maximum Gasteiger partial charge on any atom is 0.0102 e. The van der Waals surface area contributed by atoms with Gasteiger partial charge in [-0.15, -0.1) is 0 Å². The van der Waals surface area contributed by atoms with E-state index in [9.17, 15) is 0 Å². The second-order valence-corrected chi connectivity index (χ2v) is 11.8. The van der Waals surface area contributed by atoms with Crippen LogP contribution in [0.15, 0.2) is 48.6 Å². The maximum atomic E-state index is 5.81. The third kappa shape index (κ3) is 31.3. The Morgan fingerprint density at radius 2 is 1.00 bits per heavy atom. The van der Waals surface area contributed by atoms with Gasteiger partial charge in [0.05, 0.1) is 0 Å². The molecule has 228 valence electrons. The van der Waals surface area contributed by atoms with E-state index in [0.29, 0.717) is 0 Å². The fourth-order valence-electron chi connectivity index (χ4n) is 5.33. The molecule has 0 aromatic rings. The number of allylic oxidation sites excluding steroid dienone is 8. The highest BCUT2D eigenvalue weighted by molar-refractivity contribution is 4.93. The van der Waals surface area contributed by atoms with Crippen molar-refractivity contribution in [2.24, 2.45) is 11.7 Å².